The number of aliphatic hydroxyl groups is 1. The van der Waals surface area contributed by atoms with Crippen LogP contribution in [0.5, 0.6) is 5.75 Å². The fourth-order valence-corrected chi connectivity index (χ4v) is 6.22. The molecule has 0 aromatic heterocycles. The number of allylic oxidation sites excluding steroid dienone is 8. The van der Waals surface area contributed by atoms with Crippen LogP contribution in [0.4, 0.5) is 0 Å². The summed E-state index contributed by atoms with van der Waals surface area (Å²) in [4.78, 5) is 23.1. The summed E-state index contributed by atoms with van der Waals surface area (Å²) in [6.07, 6.45) is 13.6. The van der Waals surface area contributed by atoms with Gasteiger partial charge in [-0.25, -0.2) is 4.79 Å². The van der Waals surface area contributed by atoms with Crippen molar-refractivity contribution in [2.45, 2.75) is 79.1 Å². The van der Waals surface area contributed by atoms with Gasteiger partial charge in [0, 0.05) is 6.92 Å². The van der Waals surface area contributed by atoms with Gasteiger partial charge < -0.3 is 19.3 Å². The molecule has 0 amide bonds. The molecule has 6 nitrogen and oxygen atoms in total. The van der Waals surface area contributed by atoms with E-state index in [1.807, 2.05) is 12.1 Å². The van der Waals surface area contributed by atoms with Crippen molar-refractivity contribution in [2.75, 3.05) is 26.4 Å². The molecule has 0 saturated carbocycles. The molecule has 1 N–H and O–H groups in total. The van der Waals surface area contributed by atoms with Crippen molar-refractivity contribution in [2.24, 2.45) is 5.92 Å². The lowest BCUT2D eigenvalue weighted by Crippen LogP contribution is -2.26. The Hall–Kier alpha value is -4.16. The Balaban J connectivity index is 1.29. The van der Waals surface area contributed by atoms with E-state index < -0.39 is 18.5 Å². The van der Waals surface area contributed by atoms with Crippen molar-refractivity contribution in [3.05, 3.63) is 117 Å². The predicted octanol–water partition coefficient (Wildman–Crippen LogP) is 8.45. The normalized spacial score (nSPS) is 15.5. The quantitative estimate of drug-likeness (QED) is 0.147. The second-order valence-electron chi connectivity index (χ2n) is 12.5. The highest BCUT2D eigenvalue weighted by atomic mass is 16.6. The summed E-state index contributed by atoms with van der Waals surface area (Å²) in [6.45, 7) is 11.4. The Kier molecular flexibility index (Phi) is 13.4. The summed E-state index contributed by atoms with van der Waals surface area (Å²) in [5, 5.41) is 9.06. The van der Waals surface area contributed by atoms with Gasteiger partial charge >= 0.3 is 11.9 Å². The van der Waals surface area contributed by atoms with Crippen molar-refractivity contribution in [3.63, 3.8) is 0 Å². The molecule has 2 aliphatic carbocycles. The Morgan fingerprint density at radius 1 is 0.809 bits per heavy atom. The molecule has 6 heteroatoms. The van der Waals surface area contributed by atoms with Crippen LogP contribution in [0.15, 0.2) is 101 Å². The number of carbonyl (C=O) groups is 2. The van der Waals surface area contributed by atoms with Crippen LogP contribution < -0.4 is 4.74 Å². The molecule has 1 unspecified atom stereocenters. The standard InChI is InChI=1S/C41H50O6/c1-6-34-16-17-38(23-35(34)7-2)40-21-18-37(22-28(40)3)36-14-10-31(11-15-36)8-9-32-12-19-39(20-13-32)46-26-33(25-45-30(5)43)27-47-41(44)29(4)24-42/h10-15,19-20,22-23,33,42H,4,6-9,16-18,21,24-27H2,1-3,5H3. The molecule has 2 aliphatic rings. The fraction of sp³-hybridized carbons (Fsp3) is 0.415. The molecule has 2 aromatic carbocycles. The van der Waals surface area contributed by atoms with Gasteiger partial charge in [0.05, 0.1) is 24.7 Å². The summed E-state index contributed by atoms with van der Waals surface area (Å²) in [5.74, 6) is -0.794. The third kappa shape index (κ3) is 10.4. The summed E-state index contributed by atoms with van der Waals surface area (Å²) in [6, 6.07) is 17.0. The minimum Gasteiger partial charge on any atom is -0.493 e. The molecule has 2 aromatic rings. The van der Waals surface area contributed by atoms with Crippen LogP contribution in [-0.4, -0.2) is 43.5 Å². The van der Waals surface area contributed by atoms with Crippen molar-refractivity contribution in [1.29, 1.82) is 0 Å². The van der Waals surface area contributed by atoms with Gasteiger partial charge in [-0.15, -0.1) is 0 Å². The molecular weight excluding hydrogens is 588 g/mol. The monoisotopic (exact) mass is 638 g/mol. The molecule has 47 heavy (non-hydrogen) atoms. The lowest BCUT2D eigenvalue weighted by Gasteiger charge is -2.25. The second kappa shape index (κ2) is 17.7. The molecule has 1 atom stereocenters. The van der Waals surface area contributed by atoms with Crippen LogP contribution in [0.2, 0.25) is 0 Å². The maximum Gasteiger partial charge on any atom is 0.335 e. The SMILES string of the molecule is C=C(CO)C(=O)OCC(COC(C)=O)COc1ccc(CCc2ccc(C3=CC(C)=C(C4=CC(CC)=C(CC)CC4)CC3)cc2)cc1. The minimum absolute atomic E-state index is 0.0215. The Bertz CT molecular complexity index is 1540. The first-order valence-electron chi connectivity index (χ1n) is 16.9. The molecular formula is C41H50O6. The zero-order chi connectivity index (χ0) is 33.8. The molecule has 0 heterocycles. The van der Waals surface area contributed by atoms with Crippen LogP contribution in [-0.2, 0) is 31.9 Å². The molecule has 0 saturated heterocycles. The summed E-state index contributed by atoms with van der Waals surface area (Å²) in [5.41, 5.74) is 12.9. The Morgan fingerprint density at radius 3 is 2.04 bits per heavy atom. The van der Waals surface area contributed by atoms with Crippen LogP contribution in [0.25, 0.3) is 5.57 Å². The van der Waals surface area contributed by atoms with Gasteiger partial charge in [0.15, 0.2) is 0 Å². The van der Waals surface area contributed by atoms with E-state index in [2.05, 4.69) is 75.9 Å². The number of carbonyl (C=O) groups excluding carboxylic acids is 2. The highest BCUT2D eigenvalue weighted by Gasteiger charge is 2.20. The van der Waals surface area contributed by atoms with E-state index >= 15 is 0 Å². The van der Waals surface area contributed by atoms with E-state index in [-0.39, 0.29) is 31.3 Å². The zero-order valence-electron chi connectivity index (χ0n) is 28.5. The van der Waals surface area contributed by atoms with Crippen molar-refractivity contribution < 1.29 is 28.9 Å². The number of benzene rings is 2. The van der Waals surface area contributed by atoms with E-state index in [0.717, 1.165) is 32.1 Å². The number of aliphatic hydroxyl groups excluding tert-OH is 1. The summed E-state index contributed by atoms with van der Waals surface area (Å²) in [7, 11) is 0. The Labute approximate surface area is 280 Å². The molecule has 0 spiro atoms. The molecule has 0 aliphatic heterocycles. The minimum atomic E-state index is -0.687. The predicted molar refractivity (Wildman–Crippen MR) is 188 cm³/mol. The average molecular weight is 639 g/mol. The van der Waals surface area contributed by atoms with Gasteiger partial charge in [-0.05, 0) is 115 Å². The average Bonchev–Trinajstić information content (AvgIpc) is 3.10. The fourth-order valence-electron chi connectivity index (χ4n) is 6.22. The maximum atomic E-state index is 11.8. The maximum absolute atomic E-state index is 11.8. The van der Waals surface area contributed by atoms with Gasteiger partial charge in [-0.1, -0.05) is 74.5 Å². The van der Waals surface area contributed by atoms with E-state index in [9.17, 15) is 9.59 Å². The molecule has 4 rings (SSSR count). The molecule has 250 valence electrons. The highest BCUT2D eigenvalue weighted by Crippen LogP contribution is 2.39. The van der Waals surface area contributed by atoms with Crippen molar-refractivity contribution in [1.82, 2.24) is 0 Å². The van der Waals surface area contributed by atoms with Gasteiger partial charge in [0.25, 0.3) is 0 Å². The second-order valence-corrected chi connectivity index (χ2v) is 12.5. The first-order valence-corrected chi connectivity index (χ1v) is 16.9. The van der Waals surface area contributed by atoms with Crippen LogP contribution in [0.3, 0.4) is 0 Å². The topological polar surface area (TPSA) is 82.1 Å². The van der Waals surface area contributed by atoms with Gasteiger partial charge in [0.2, 0.25) is 0 Å². The number of rotatable bonds is 16. The van der Waals surface area contributed by atoms with E-state index in [1.54, 1.807) is 22.3 Å². The number of hydrogen-bond donors (Lipinski definition) is 1. The summed E-state index contributed by atoms with van der Waals surface area (Å²) >= 11 is 0. The van der Waals surface area contributed by atoms with Crippen molar-refractivity contribution >= 4 is 17.5 Å². The van der Waals surface area contributed by atoms with E-state index in [1.165, 1.54) is 54.0 Å². The first-order chi connectivity index (χ1) is 22.7. The van der Waals surface area contributed by atoms with Gasteiger partial charge in [0.1, 0.15) is 19.0 Å². The molecule has 0 radical (unpaired) electrons. The van der Waals surface area contributed by atoms with Gasteiger partial charge in [-0.2, -0.15) is 0 Å². The number of hydrogen-bond acceptors (Lipinski definition) is 6. The van der Waals surface area contributed by atoms with Gasteiger partial charge in [-0.3, -0.25) is 4.79 Å². The number of ether oxygens (including phenoxy) is 3. The zero-order valence-corrected chi connectivity index (χ0v) is 28.5. The van der Waals surface area contributed by atoms with Crippen molar-refractivity contribution in [3.8, 4) is 5.75 Å². The van der Waals surface area contributed by atoms with Crippen LogP contribution in [0, 0.1) is 5.92 Å². The van der Waals surface area contributed by atoms with Crippen LogP contribution >= 0.6 is 0 Å². The molecule has 0 fully saturated rings. The number of aryl methyl sites for hydroxylation is 2. The smallest absolute Gasteiger partial charge is 0.335 e. The Morgan fingerprint density at radius 2 is 1.45 bits per heavy atom. The largest absolute Gasteiger partial charge is 0.493 e. The lowest BCUT2D eigenvalue weighted by atomic mass is 9.80. The summed E-state index contributed by atoms with van der Waals surface area (Å²) < 4.78 is 16.2. The highest BCUT2D eigenvalue weighted by molar-refractivity contribution is 5.87. The molecule has 0 bridgehead atoms. The van der Waals surface area contributed by atoms with E-state index in [4.69, 9.17) is 19.3 Å². The lowest BCUT2D eigenvalue weighted by molar-refractivity contribution is -0.146. The third-order valence-electron chi connectivity index (χ3n) is 9.09. The first kappa shape index (κ1) is 35.7. The third-order valence-corrected chi connectivity index (χ3v) is 9.09. The van der Waals surface area contributed by atoms with Crippen LogP contribution in [0.1, 0.15) is 82.9 Å². The number of esters is 2. The van der Waals surface area contributed by atoms with E-state index in [0.29, 0.717) is 5.75 Å².